The molecule has 1 aliphatic heterocycles. The molecule has 0 atom stereocenters. The molecule has 0 aromatic heterocycles. The van der Waals surface area contributed by atoms with Crippen LogP contribution in [0.5, 0.6) is 0 Å². The smallest absolute Gasteiger partial charge is 0.291 e. The Labute approximate surface area is 132 Å². The van der Waals surface area contributed by atoms with Crippen molar-refractivity contribution in [1.29, 1.82) is 0 Å². The summed E-state index contributed by atoms with van der Waals surface area (Å²) in [5, 5.41) is 2.75. The van der Waals surface area contributed by atoms with Crippen LogP contribution in [0.25, 0.3) is 0 Å². The number of aryl methyl sites for hydroxylation is 1. The molecule has 0 saturated carbocycles. The average molecular weight is 303 g/mol. The first-order valence-electron chi connectivity index (χ1n) is 7.96. The summed E-state index contributed by atoms with van der Waals surface area (Å²) in [6, 6.07) is 7.75. The van der Waals surface area contributed by atoms with Crippen LogP contribution in [-0.2, 0) is 4.74 Å². The van der Waals surface area contributed by atoms with Gasteiger partial charge < -0.3 is 9.64 Å². The van der Waals surface area contributed by atoms with Gasteiger partial charge in [0.2, 0.25) is 0 Å². The van der Waals surface area contributed by atoms with E-state index in [1.165, 1.54) is 12.8 Å². The van der Waals surface area contributed by atoms with Gasteiger partial charge >= 0.3 is 0 Å². The molecule has 22 heavy (non-hydrogen) atoms. The van der Waals surface area contributed by atoms with Gasteiger partial charge in [-0.1, -0.05) is 17.7 Å². The highest BCUT2D eigenvalue weighted by atomic mass is 16.5. The number of nitrogens with zero attached hydrogens (tertiary/aromatic N) is 2. The second-order valence-electron chi connectivity index (χ2n) is 5.49. The Morgan fingerprint density at radius 2 is 1.95 bits per heavy atom. The van der Waals surface area contributed by atoms with Gasteiger partial charge in [-0.05, 0) is 51.9 Å². The quantitative estimate of drug-likeness (QED) is 0.670. The third-order valence-electron chi connectivity index (χ3n) is 3.69. The van der Waals surface area contributed by atoms with Gasteiger partial charge in [-0.15, -0.1) is 0 Å². The summed E-state index contributed by atoms with van der Waals surface area (Å²) in [6.07, 6.45) is 2.54. The van der Waals surface area contributed by atoms with Crippen LogP contribution in [-0.4, -0.2) is 49.6 Å². The van der Waals surface area contributed by atoms with Crippen molar-refractivity contribution in [3.63, 3.8) is 0 Å². The summed E-state index contributed by atoms with van der Waals surface area (Å²) in [7, 11) is 0. The van der Waals surface area contributed by atoms with Gasteiger partial charge in [-0.2, -0.15) is 0 Å². The normalized spacial score (nSPS) is 15.8. The van der Waals surface area contributed by atoms with Crippen molar-refractivity contribution in [2.75, 3.05) is 32.8 Å². The monoisotopic (exact) mass is 303 g/mol. The molecule has 1 saturated heterocycles. The number of benzene rings is 1. The zero-order valence-electron chi connectivity index (χ0n) is 13.5. The van der Waals surface area contributed by atoms with E-state index < -0.39 is 0 Å². The van der Waals surface area contributed by atoms with Gasteiger partial charge in [0.05, 0.1) is 13.2 Å². The maximum Gasteiger partial charge on any atom is 0.291 e. The van der Waals surface area contributed by atoms with Crippen LogP contribution >= 0.6 is 0 Å². The molecule has 1 amide bonds. The number of carbonyl (C=O) groups excluding carboxylic acids is 1. The molecule has 0 bridgehead atoms. The minimum atomic E-state index is -0.187. The van der Waals surface area contributed by atoms with Gasteiger partial charge in [0, 0.05) is 12.1 Å². The molecule has 1 fully saturated rings. The Morgan fingerprint density at radius 1 is 1.27 bits per heavy atom. The minimum absolute atomic E-state index is 0.187. The summed E-state index contributed by atoms with van der Waals surface area (Å²) in [5.74, 6) is -0.187. The van der Waals surface area contributed by atoms with Gasteiger partial charge in [0.1, 0.15) is 0 Å². The maximum atomic E-state index is 12.2. The topological polar surface area (TPSA) is 53.9 Å². The van der Waals surface area contributed by atoms with Crippen LogP contribution in [0, 0.1) is 6.92 Å². The fraction of sp³-hybridized carbons (Fsp3) is 0.529. The highest BCUT2D eigenvalue weighted by Gasteiger charge is 2.12. The summed E-state index contributed by atoms with van der Waals surface area (Å²) >= 11 is 0. The number of amides is 1. The number of carbonyl (C=O) groups is 1. The number of hydrogen-bond acceptors (Lipinski definition) is 4. The van der Waals surface area contributed by atoms with E-state index in [2.05, 4.69) is 15.2 Å². The van der Waals surface area contributed by atoms with E-state index in [0.29, 0.717) is 24.7 Å². The Hall–Kier alpha value is -1.88. The van der Waals surface area contributed by atoms with Crippen molar-refractivity contribution >= 4 is 11.9 Å². The van der Waals surface area contributed by atoms with Gasteiger partial charge in [0.15, 0.2) is 0 Å². The van der Waals surface area contributed by atoms with E-state index in [0.717, 1.165) is 25.2 Å². The van der Waals surface area contributed by atoms with E-state index in [1.807, 2.05) is 26.0 Å². The fourth-order valence-electron chi connectivity index (χ4n) is 2.43. The van der Waals surface area contributed by atoms with Crippen molar-refractivity contribution in [2.45, 2.75) is 26.7 Å². The van der Waals surface area contributed by atoms with Crippen LogP contribution in [0.2, 0.25) is 0 Å². The van der Waals surface area contributed by atoms with E-state index in [1.54, 1.807) is 12.1 Å². The number of hydrogen-bond donors (Lipinski definition) is 1. The van der Waals surface area contributed by atoms with E-state index >= 15 is 0 Å². The van der Waals surface area contributed by atoms with Crippen LogP contribution in [0.15, 0.2) is 29.3 Å². The van der Waals surface area contributed by atoms with Crippen molar-refractivity contribution < 1.29 is 9.53 Å². The molecular formula is C17H25N3O2. The standard InChI is InChI=1S/C17H25N3O2/c1-3-22-17(18-10-13-20-11-4-5-12-20)19-16(21)15-8-6-14(2)7-9-15/h6-9H,3-5,10-13H2,1-2H3,(H,18,19,21). The minimum Gasteiger partial charge on any atom is -0.465 e. The third kappa shape index (κ3) is 5.15. The van der Waals surface area contributed by atoms with Crippen LogP contribution in [0.1, 0.15) is 35.7 Å². The highest BCUT2D eigenvalue weighted by molar-refractivity contribution is 6.04. The molecule has 120 valence electrons. The molecule has 0 unspecified atom stereocenters. The molecule has 1 heterocycles. The molecule has 0 radical (unpaired) electrons. The highest BCUT2D eigenvalue weighted by Crippen LogP contribution is 2.06. The lowest BCUT2D eigenvalue weighted by molar-refractivity contribution is 0.0966. The second kappa shape index (κ2) is 8.54. The zero-order chi connectivity index (χ0) is 15.8. The number of nitrogens with one attached hydrogen (secondary N) is 1. The van der Waals surface area contributed by atoms with Crippen LogP contribution < -0.4 is 5.32 Å². The molecular weight excluding hydrogens is 278 g/mol. The van der Waals surface area contributed by atoms with Gasteiger partial charge in [-0.3, -0.25) is 10.1 Å². The predicted octanol–water partition coefficient (Wildman–Crippen LogP) is 2.21. The Balaban J connectivity index is 1.88. The number of likely N-dealkylation sites (tertiary alicyclic amines) is 1. The van der Waals surface area contributed by atoms with Crippen molar-refractivity contribution in [3.05, 3.63) is 35.4 Å². The molecule has 1 aromatic carbocycles. The molecule has 1 aromatic rings. The molecule has 5 heteroatoms. The lowest BCUT2D eigenvalue weighted by Gasteiger charge is -2.13. The first kappa shape index (κ1) is 16.5. The number of ether oxygens (including phenoxy) is 1. The fourth-order valence-corrected chi connectivity index (χ4v) is 2.43. The number of aliphatic imine (C=N–C) groups is 1. The molecule has 0 aliphatic carbocycles. The first-order chi connectivity index (χ1) is 10.7. The van der Waals surface area contributed by atoms with Crippen LogP contribution in [0.4, 0.5) is 0 Å². The van der Waals surface area contributed by atoms with E-state index in [-0.39, 0.29) is 5.91 Å². The summed E-state index contributed by atoms with van der Waals surface area (Å²) in [4.78, 5) is 18.9. The first-order valence-corrected chi connectivity index (χ1v) is 7.96. The predicted molar refractivity (Wildman–Crippen MR) is 88.2 cm³/mol. The van der Waals surface area contributed by atoms with Crippen LogP contribution in [0.3, 0.4) is 0 Å². The van der Waals surface area contributed by atoms with Gasteiger partial charge in [-0.25, -0.2) is 4.99 Å². The summed E-state index contributed by atoms with van der Waals surface area (Å²) in [6.45, 7) is 8.21. The lowest BCUT2D eigenvalue weighted by atomic mass is 10.1. The Bertz CT molecular complexity index is 505. The summed E-state index contributed by atoms with van der Waals surface area (Å²) < 4.78 is 5.42. The number of amidine groups is 1. The maximum absolute atomic E-state index is 12.2. The van der Waals surface area contributed by atoms with Crippen molar-refractivity contribution in [3.8, 4) is 0 Å². The van der Waals surface area contributed by atoms with Crippen molar-refractivity contribution in [2.24, 2.45) is 4.99 Å². The molecule has 1 aliphatic rings. The molecule has 1 N–H and O–H groups in total. The Morgan fingerprint density at radius 3 is 2.59 bits per heavy atom. The van der Waals surface area contributed by atoms with Crippen molar-refractivity contribution in [1.82, 2.24) is 10.2 Å². The molecule has 5 nitrogen and oxygen atoms in total. The molecule has 2 rings (SSSR count). The zero-order valence-corrected chi connectivity index (χ0v) is 13.5. The summed E-state index contributed by atoms with van der Waals surface area (Å²) in [5.41, 5.74) is 1.73. The second-order valence-corrected chi connectivity index (χ2v) is 5.49. The van der Waals surface area contributed by atoms with Gasteiger partial charge in [0.25, 0.3) is 11.9 Å². The van der Waals surface area contributed by atoms with E-state index in [9.17, 15) is 4.79 Å². The molecule has 0 spiro atoms. The largest absolute Gasteiger partial charge is 0.465 e. The number of rotatable bonds is 5. The average Bonchev–Trinajstić information content (AvgIpc) is 3.01. The lowest BCUT2D eigenvalue weighted by Crippen LogP contribution is -2.33. The Kier molecular flexibility index (Phi) is 6.40. The SMILES string of the molecule is CCOC(=NCCN1CCCC1)NC(=O)c1ccc(C)cc1. The van der Waals surface area contributed by atoms with E-state index in [4.69, 9.17) is 4.74 Å². The third-order valence-corrected chi connectivity index (χ3v) is 3.69.